The number of rotatable bonds is 7. The zero-order valence-electron chi connectivity index (χ0n) is 12.0. The number of thiazole rings is 1. The first-order valence-corrected chi connectivity index (χ1v) is 7.65. The maximum atomic E-state index is 12.3. The van der Waals surface area contributed by atoms with Crippen molar-refractivity contribution in [2.45, 2.75) is 32.9 Å². The third kappa shape index (κ3) is 4.75. The molecule has 0 saturated carbocycles. The molecule has 1 aromatic heterocycles. The average Bonchev–Trinajstić information content (AvgIpc) is 2.83. The monoisotopic (exact) mass is 312 g/mol. The molecule has 1 N–H and O–H groups in total. The van der Waals surface area contributed by atoms with Crippen molar-refractivity contribution in [3.05, 3.63) is 45.9 Å². The average molecular weight is 312 g/mol. The number of benzene rings is 1. The number of aryl methyl sites for hydroxylation is 1. The van der Waals surface area contributed by atoms with Gasteiger partial charge in [0.05, 0.1) is 10.7 Å². The normalized spacial score (nSPS) is 12.6. The summed E-state index contributed by atoms with van der Waals surface area (Å²) in [5, 5.41) is 6.41. The summed E-state index contributed by atoms with van der Waals surface area (Å²) in [7, 11) is 0. The minimum atomic E-state index is -2.81. The number of hydrogen-bond acceptors (Lipinski definition) is 4. The van der Waals surface area contributed by atoms with Crippen molar-refractivity contribution in [3.63, 3.8) is 0 Å². The van der Waals surface area contributed by atoms with Crippen molar-refractivity contribution in [3.8, 4) is 5.75 Å². The number of likely N-dealkylation sites (N-methyl/N-ethyl adjacent to an activating group) is 1. The predicted octanol–water partition coefficient (Wildman–Crippen LogP) is 3.95. The second kappa shape index (κ2) is 7.47. The molecule has 0 radical (unpaired) electrons. The Morgan fingerprint density at radius 2 is 2.19 bits per heavy atom. The van der Waals surface area contributed by atoms with Crippen molar-refractivity contribution < 1.29 is 13.5 Å². The quantitative estimate of drug-likeness (QED) is 0.840. The highest BCUT2D eigenvalue weighted by Gasteiger charge is 2.14. The molecular formula is C15H18F2N2OS. The van der Waals surface area contributed by atoms with Gasteiger partial charge in [0, 0.05) is 17.8 Å². The molecule has 0 aliphatic heterocycles. The summed E-state index contributed by atoms with van der Waals surface area (Å²) >= 11 is 1.61. The molecule has 0 aliphatic carbocycles. The first-order chi connectivity index (χ1) is 10.1. The maximum Gasteiger partial charge on any atom is 0.387 e. The second-order valence-corrected chi connectivity index (χ2v) is 5.69. The Kier molecular flexibility index (Phi) is 5.64. The number of nitrogens with one attached hydrogen (secondary N) is 1. The van der Waals surface area contributed by atoms with Crippen molar-refractivity contribution in [2.24, 2.45) is 0 Å². The van der Waals surface area contributed by atoms with Crippen LogP contribution in [0.5, 0.6) is 5.75 Å². The summed E-state index contributed by atoms with van der Waals surface area (Å²) in [5.74, 6) is 0.180. The van der Waals surface area contributed by atoms with Gasteiger partial charge in [-0.05, 0) is 31.2 Å². The molecular weight excluding hydrogens is 294 g/mol. The Bertz CT molecular complexity index is 574. The van der Waals surface area contributed by atoms with Crippen molar-refractivity contribution in [1.29, 1.82) is 0 Å². The standard InChI is InChI=1S/C15H18F2N2OS/c1-3-18-14(8-12-9-21-10(2)19-12)11-5-4-6-13(7-11)20-15(16)17/h4-7,9,14-15,18H,3,8H2,1-2H3. The van der Waals surface area contributed by atoms with Crippen LogP contribution in [-0.4, -0.2) is 18.1 Å². The number of nitrogens with zero attached hydrogens (tertiary/aromatic N) is 1. The van der Waals surface area contributed by atoms with Gasteiger partial charge in [-0.15, -0.1) is 11.3 Å². The van der Waals surface area contributed by atoms with Crippen LogP contribution in [0.25, 0.3) is 0 Å². The fourth-order valence-electron chi connectivity index (χ4n) is 2.17. The first-order valence-electron chi connectivity index (χ1n) is 6.77. The molecule has 21 heavy (non-hydrogen) atoms. The summed E-state index contributed by atoms with van der Waals surface area (Å²) in [6.07, 6.45) is 0.719. The summed E-state index contributed by atoms with van der Waals surface area (Å²) in [5.41, 5.74) is 1.92. The largest absolute Gasteiger partial charge is 0.435 e. The summed E-state index contributed by atoms with van der Waals surface area (Å²) in [4.78, 5) is 4.46. The van der Waals surface area contributed by atoms with Crippen LogP contribution in [0.3, 0.4) is 0 Å². The zero-order valence-corrected chi connectivity index (χ0v) is 12.8. The van der Waals surface area contributed by atoms with E-state index in [1.54, 1.807) is 23.5 Å². The van der Waals surface area contributed by atoms with Crippen molar-refractivity contribution in [1.82, 2.24) is 10.3 Å². The highest BCUT2D eigenvalue weighted by Crippen LogP contribution is 2.24. The topological polar surface area (TPSA) is 34.2 Å². The molecule has 114 valence electrons. The third-order valence-electron chi connectivity index (χ3n) is 3.02. The number of aromatic nitrogens is 1. The fraction of sp³-hybridized carbons (Fsp3) is 0.400. The SMILES string of the molecule is CCNC(Cc1csc(C)n1)c1cccc(OC(F)F)c1. The van der Waals surface area contributed by atoms with Gasteiger partial charge in [0.1, 0.15) is 5.75 Å². The molecule has 2 rings (SSSR count). The fourth-order valence-corrected chi connectivity index (χ4v) is 2.80. The van der Waals surface area contributed by atoms with Gasteiger partial charge >= 0.3 is 6.61 Å². The predicted molar refractivity (Wildman–Crippen MR) is 80.0 cm³/mol. The van der Waals surface area contributed by atoms with Gasteiger partial charge in [-0.3, -0.25) is 0 Å². The van der Waals surface area contributed by atoms with Crippen LogP contribution in [-0.2, 0) is 6.42 Å². The van der Waals surface area contributed by atoms with Crippen LogP contribution in [0.4, 0.5) is 8.78 Å². The van der Waals surface area contributed by atoms with E-state index in [0.717, 1.165) is 29.2 Å². The molecule has 0 aliphatic rings. The molecule has 2 aromatic rings. The van der Waals surface area contributed by atoms with E-state index in [4.69, 9.17) is 0 Å². The van der Waals surface area contributed by atoms with Gasteiger partial charge in [0.15, 0.2) is 0 Å². The van der Waals surface area contributed by atoms with Crippen molar-refractivity contribution in [2.75, 3.05) is 6.54 Å². The summed E-state index contributed by atoms with van der Waals surface area (Å²) in [6, 6.07) is 6.84. The van der Waals surface area contributed by atoms with Crippen LogP contribution in [0.2, 0.25) is 0 Å². The van der Waals surface area contributed by atoms with Crippen LogP contribution in [0, 0.1) is 6.92 Å². The lowest BCUT2D eigenvalue weighted by molar-refractivity contribution is -0.0499. The molecule has 3 nitrogen and oxygen atoms in total. The van der Waals surface area contributed by atoms with E-state index in [1.165, 1.54) is 6.07 Å². The molecule has 0 spiro atoms. The van der Waals surface area contributed by atoms with E-state index in [0.29, 0.717) is 0 Å². The van der Waals surface area contributed by atoms with E-state index >= 15 is 0 Å². The van der Waals surface area contributed by atoms with E-state index in [2.05, 4.69) is 15.0 Å². The zero-order chi connectivity index (χ0) is 15.2. The maximum absolute atomic E-state index is 12.3. The van der Waals surface area contributed by atoms with Crippen LogP contribution in [0.15, 0.2) is 29.6 Å². The van der Waals surface area contributed by atoms with Gasteiger partial charge in [0.25, 0.3) is 0 Å². The number of halogens is 2. The van der Waals surface area contributed by atoms with Crippen molar-refractivity contribution >= 4 is 11.3 Å². The molecule has 1 heterocycles. The molecule has 1 atom stereocenters. The Hall–Kier alpha value is -1.53. The minimum Gasteiger partial charge on any atom is -0.435 e. The highest BCUT2D eigenvalue weighted by molar-refractivity contribution is 7.09. The van der Waals surface area contributed by atoms with Crippen LogP contribution >= 0.6 is 11.3 Å². The Labute approximate surface area is 127 Å². The number of hydrogen-bond donors (Lipinski definition) is 1. The Morgan fingerprint density at radius 1 is 1.38 bits per heavy atom. The van der Waals surface area contributed by atoms with Crippen LogP contribution < -0.4 is 10.1 Å². The lowest BCUT2D eigenvalue weighted by atomic mass is 10.0. The van der Waals surface area contributed by atoms with Gasteiger partial charge in [0.2, 0.25) is 0 Å². The molecule has 0 bridgehead atoms. The van der Waals surface area contributed by atoms with Gasteiger partial charge in [-0.25, -0.2) is 4.98 Å². The minimum absolute atomic E-state index is 0.0257. The second-order valence-electron chi connectivity index (χ2n) is 4.62. The van der Waals surface area contributed by atoms with Gasteiger partial charge in [-0.1, -0.05) is 19.1 Å². The van der Waals surface area contributed by atoms with E-state index < -0.39 is 6.61 Å². The highest BCUT2D eigenvalue weighted by atomic mass is 32.1. The molecule has 1 unspecified atom stereocenters. The van der Waals surface area contributed by atoms with Gasteiger partial charge < -0.3 is 10.1 Å². The number of alkyl halides is 2. The Morgan fingerprint density at radius 3 is 2.81 bits per heavy atom. The Balaban J connectivity index is 2.17. The lowest BCUT2D eigenvalue weighted by Crippen LogP contribution is -2.23. The smallest absolute Gasteiger partial charge is 0.387 e. The van der Waals surface area contributed by atoms with E-state index in [1.807, 2.05) is 25.3 Å². The van der Waals surface area contributed by atoms with Crippen LogP contribution in [0.1, 0.15) is 29.2 Å². The van der Waals surface area contributed by atoms with Gasteiger partial charge in [-0.2, -0.15) is 8.78 Å². The number of ether oxygens (including phenoxy) is 1. The molecule has 0 amide bonds. The van der Waals surface area contributed by atoms with E-state index in [9.17, 15) is 8.78 Å². The summed E-state index contributed by atoms with van der Waals surface area (Å²) in [6.45, 7) is 1.96. The lowest BCUT2D eigenvalue weighted by Gasteiger charge is -2.18. The third-order valence-corrected chi connectivity index (χ3v) is 3.84. The molecule has 0 fully saturated rings. The van der Waals surface area contributed by atoms with E-state index in [-0.39, 0.29) is 11.8 Å². The first kappa shape index (κ1) is 15.9. The molecule has 6 heteroatoms. The summed E-state index contributed by atoms with van der Waals surface area (Å²) < 4.78 is 29.1. The molecule has 1 aromatic carbocycles. The molecule has 0 saturated heterocycles.